The van der Waals surface area contributed by atoms with Crippen molar-refractivity contribution >= 4 is 45.1 Å². The second-order valence-corrected chi connectivity index (χ2v) is 10.1. The van der Waals surface area contributed by atoms with Gasteiger partial charge in [0.25, 0.3) is 0 Å². The second kappa shape index (κ2) is 10.4. The van der Waals surface area contributed by atoms with Crippen LogP contribution in [0.15, 0.2) is 79.1 Å². The van der Waals surface area contributed by atoms with Crippen LogP contribution in [0.2, 0.25) is 10.0 Å². The van der Waals surface area contributed by atoms with E-state index in [1.165, 1.54) is 6.07 Å². The first kappa shape index (κ1) is 25.5. The molecule has 0 spiro atoms. The van der Waals surface area contributed by atoms with Crippen LogP contribution in [0.1, 0.15) is 18.1 Å². The van der Waals surface area contributed by atoms with Crippen molar-refractivity contribution in [2.24, 2.45) is 0 Å². The monoisotopic (exact) mass is 563 g/mol. The van der Waals surface area contributed by atoms with Crippen LogP contribution in [0.25, 0.3) is 33.1 Å². The van der Waals surface area contributed by atoms with Crippen LogP contribution < -0.4 is 20.7 Å². The van der Waals surface area contributed by atoms with Gasteiger partial charge in [-0.3, -0.25) is 4.90 Å². The van der Waals surface area contributed by atoms with Gasteiger partial charge in [0, 0.05) is 45.5 Å². The van der Waals surface area contributed by atoms with Gasteiger partial charge in [0.05, 0.1) is 17.7 Å². The molecule has 3 heterocycles. The summed E-state index contributed by atoms with van der Waals surface area (Å²) < 4.78 is 23.0. The van der Waals surface area contributed by atoms with Crippen LogP contribution in [0.4, 0.5) is 0 Å². The summed E-state index contributed by atoms with van der Waals surface area (Å²) in [6.45, 7) is 3.83. The van der Waals surface area contributed by atoms with Crippen molar-refractivity contribution in [3.63, 3.8) is 0 Å². The minimum Gasteiger partial charge on any atom is -0.490 e. The lowest BCUT2D eigenvalue weighted by atomic mass is 9.99. The second-order valence-electron chi connectivity index (χ2n) is 9.26. The molecule has 0 fully saturated rings. The summed E-state index contributed by atoms with van der Waals surface area (Å²) in [7, 11) is 0. The summed E-state index contributed by atoms with van der Waals surface area (Å²) in [5, 5.41) is 2.51. The quantitative estimate of drug-likeness (QED) is 0.213. The van der Waals surface area contributed by atoms with E-state index < -0.39 is 11.3 Å². The summed E-state index contributed by atoms with van der Waals surface area (Å²) in [5.41, 5.74) is 2.02. The molecule has 3 aromatic carbocycles. The van der Waals surface area contributed by atoms with Crippen molar-refractivity contribution in [1.82, 2.24) is 4.90 Å². The van der Waals surface area contributed by atoms with Crippen LogP contribution in [-0.2, 0) is 13.0 Å². The van der Waals surface area contributed by atoms with E-state index in [2.05, 4.69) is 4.90 Å². The predicted molar refractivity (Wildman–Crippen MR) is 151 cm³/mol. The Morgan fingerprint density at radius 1 is 0.949 bits per heavy atom. The first-order chi connectivity index (χ1) is 18.9. The Hall–Kier alpha value is -3.78. The number of para-hydroxylation sites is 1. The largest absolute Gasteiger partial charge is 0.490 e. The van der Waals surface area contributed by atoms with Gasteiger partial charge < -0.3 is 18.3 Å². The zero-order chi connectivity index (χ0) is 27.1. The summed E-state index contributed by atoms with van der Waals surface area (Å²) >= 11 is 12.4. The van der Waals surface area contributed by atoms with E-state index in [-0.39, 0.29) is 5.56 Å². The van der Waals surface area contributed by atoms with Gasteiger partial charge in [-0.15, -0.1) is 0 Å². The van der Waals surface area contributed by atoms with Gasteiger partial charge in [-0.2, -0.15) is 0 Å². The number of fused-ring (bicyclic) bond motifs is 4. The fourth-order valence-electron chi connectivity index (χ4n) is 4.92. The van der Waals surface area contributed by atoms with Crippen LogP contribution in [0, 0.1) is 0 Å². The van der Waals surface area contributed by atoms with Crippen LogP contribution in [-0.4, -0.2) is 24.8 Å². The number of nitrogens with zero attached hydrogens (tertiary/aromatic N) is 1. The fraction of sp³-hybridized carbons (Fsp3) is 0.200. The fourth-order valence-corrected chi connectivity index (χ4v) is 5.43. The molecule has 0 saturated heterocycles. The van der Waals surface area contributed by atoms with E-state index in [1.807, 2.05) is 37.3 Å². The van der Waals surface area contributed by atoms with Crippen molar-refractivity contribution in [3.8, 4) is 22.6 Å². The van der Waals surface area contributed by atoms with E-state index >= 15 is 0 Å². The number of hydrogen-bond acceptors (Lipinski definition) is 7. The number of hydrogen-bond donors (Lipinski definition) is 0. The Bertz CT molecular complexity index is 1840. The molecule has 6 rings (SSSR count). The Labute approximate surface area is 233 Å². The zero-order valence-electron chi connectivity index (χ0n) is 21.0. The van der Waals surface area contributed by atoms with Gasteiger partial charge in [-0.1, -0.05) is 41.4 Å². The molecule has 7 nitrogen and oxygen atoms in total. The molecule has 0 unspecified atom stereocenters. The molecule has 9 heteroatoms. The molecule has 0 N–H and O–H groups in total. The predicted octanol–water partition coefficient (Wildman–Crippen LogP) is 6.67. The lowest BCUT2D eigenvalue weighted by Crippen LogP contribution is -2.33. The van der Waals surface area contributed by atoms with Crippen molar-refractivity contribution in [2.45, 2.75) is 19.9 Å². The molecule has 0 saturated carbocycles. The Morgan fingerprint density at radius 3 is 2.64 bits per heavy atom. The maximum atomic E-state index is 13.1. The third-order valence-electron chi connectivity index (χ3n) is 6.78. The molecule has 0 atom stereocenters. The first-order valence-corrected chi connectivity index (χ1v) is 13.3. The summed E-state index contributed by atoms with van der Waals surface area (Å²) in [6, 6.07) is 17.5. The topological polar surface area (TPSA) is 82.1 Å². The molecule has 0 aliphatic carbocycles. The van der Waals surface area contributed by atoms with Gasteiger partial charge in [-0.25, -0.2) is 9.59 Å². The molecular weight excluding hydrogens is 541 g/mol. The van der Waals surface area contributed by atoms with Gasteiger partial charge in [0.1, 0.15) is 18.1 Å². The third kappa shape index (κ3) is 4.89. The van der Waals surface area contributed by atoms with Crippen LogP contribution in [0.5, 0.6) is 11.5 Å². The molecule has 0 amide bonds. The third-order valence-corrected chi connectivity index (χ3v) is 7.37. The Kier molecular flexibility index (Phi) is 6.81. The molecule has 0 radical (unpaired) electrons. The number of ether oxygens (including phenoxy) is 2. The maximum Gasteiger partial charge on any atom is 0.344 e. The van der Waals surface area contributed by atoms with Crippen molar-refractivity contribution in [2.75, 3.05) is 19.9 Å². The highest BCUT2D eigenvalue weighted by molar-refractivity contribution is 6.35. The molecule has 39 heavy (non-hydrogen) atoms. The molecule has 0 bridgehead atoms. The van der Waals surface area contributed by atoms with E-state index in [0.717, 1.165) is 11.1 Å². The highest BCUT2D eigenvalue weighted by Gasteiger charge is 2.24. The highest BCUT2D eigenvalue weighted by atomic mass is 35.5. The minimum atomic E-state index is -0.572. The van der Waals surface area contributed by atoms with E-state index in [1.54, 1.807) is 24.3 Å². The molecule has 2 aromatic heterocycles. The SMILES string of the molecule is CCOc1cccc2cc(-c3cc(=O)oc4c5c(ccc34)OCN(CCc3ccc(Cl)cc3Cl)C5)c(=O)oc12. The number of benzene rings is 3. The van der Waals surface area contributed by atoms with E-state index in [9.17, 15) is 9.59 Å². The molecule has 1 aliphatic heterocycles. The number of halogens is 2. The summed E-state index contributed by atoms with van der Waals surface area (Å²) in [5.74, 6) is 1.12. The normalized spacial score (nSPS) is 13.4. The lowest BCUT2D eigenvalue weighted by Gasteiger charge is -2.29. The van der Waals surface area contributed by atoms with Crippen molar-refractivity contribution < 1.29 is 18.3 Å². The van der Waals surface area contributed by atoms with E-state index in [4.69, 9.17) is 41.5 Å². The molecular formula is C30H23Cl2NO6. The minimum absolute atomic E-state index is 0.264. The zero-order valence-corrected chi connectivity index (χ0v) is 22.5. The van der Waals surface area contributed by atoms with Crippen molar-refractivity contribution in [1.29, 1.82) is 0 Å². The van der Waals surface area contributed by atoms with Gasteiger partial charge >= 0.3 is 11.3 Å². The van der Waals surface area contributed by atoms with E-state index in [0.29, 0.717) is 81.9 Å². The van der Waals surface area contributed by atoms with Gasteiger partial charge in [-0.05, 0) is 55.3 Å². The molecule has 198 valence electrons. The highest BCUT2D eigenvalue weighted by Crippen LogP contribution is 2.36. The average Bonchev–Trinajstić information content (AvgIpc) is 2.92. The van der Waals surface area contributed by atoms with Crippen molar-refractivity contribution in [3.05, 3.63) is 103 Å². The smallest absolute Gasteiger partial charge is 0.344 e. The average molecular weight is 564 g/mol. The van der Waals surface area contributed by atoms with Crippen LogP contribution in [0.3, 0.4) is 0 Å². The lowest BCUT2D eigenvalue weighted by molar-refractivity contribution is 0.0968. The summed E-state index contributed by atoms with van der Waals surface area (Å²) in [6.07, 6.45) is 0.691. The number of rotatable bonds is 6. The molecule has 5 aromatic rings. The van der Waals surface area contributed by atoms with Gasteiger partial charge in [0.2, 0.25) is 0 Å². The van der Waals surface area contributed by atoms with Gasteiger partial charge in [0.15, 0.2) is 11.3 Å². The standard InChI is InChI=1S/C30H23Cl2NO6/c1-2-36-26-5-3-4-18-12-22(30(35)39-28(18)26)21-14-27(34)38-29-20(21)8-9-25-23(29)15-33(16-37-25)11-10-17-6-7-19(31)13-24(17)32/h3-9,12-14H,2,10-11,15-16H2,1H3. The first-order valence-electron chi connectivity index (χ1n) is 12.5. The summed E-state index contributed by atoms with van der Waals surface area (Å²) in [4.78, 5) is 28.0. The Balaban J connectivity index is 1.39. The maximum absolute atomic E-state index is 13.1. The Morgan fingerprint density at radius 2 is 1.82 bits per heavy atom. The molecule has 1 aliphatic rings. The van der Waals surface area contributed by atoms with Crippen LogP contribution >= 0.6 is 23.2 Å².